The molecule has 2 aliphatic heterocycles. The number of esters is 1. The van der Waals surface area contributed by atoms with Crippen LogP contribution >= 0.6 is 11.6 Å². The second-order valence-corrected chi connectivity index (χ2v) is 17.0. The van der Waals surface area contributed by atoms with E-state index in [9.17, 15) is 19.8 Å². The summed E-state index contributed by atoms with van der Waals surface area (Å²) >= 11 is 5.82. The SMILES string of the molecule is CC1(C)CCOc2ccc(CCl)cc21.CC1(C)CCOc2ccc(COc3ccc([C@H](CC(=O)O)c4ccon4)cc3)cc21.COC(=O)C[C@@H](c1ccc(O)cc1)c1ccon1.O=CO[O-].[Cs+].[Cs+].[H-].[Na+].[OH-]. The van der Waals surface area contributed by atoms with Gasteiger partial charge in [0.1, 0.15) is 42.1 Å². The Hall–Kier alpha value is -1.78. The first kappa shape index (κ1) is 66.2. The van der Waals surface area contributed by atoms with Gasteiger partial charge < -0.3 is 55.3 Å². The largest absolute Gasteiger partial charge is 1.00 e. The molecule has 16 nitrogen and oxygen atoms in total. The third-order valence-electron chi connectivity index (χ3n) is 11.3. The maximum absolute atomic E-state index is 11.4. The van der Waals surface area contributed by atoms with Gasteiger partial charge in [0.15, 0.2) is 0 Å². The molecule has 0 saturated heterocycles. The molecule has 360 valence electrons. The average Bonchev–Trinajstić information content (AvgIpc) is 4.07. The van der Waals surface area contributed by atoms with Crippen LogP contribution in [0.4, 0.5) is 0 Å². The van der Waals surface area contributed by atoms with E-state index in [2.05, 4.69) is 59.8 Å². The molecule has 2 aromatic heterocycles. The molecular weight excluding hydrogens is 1180 g/mol. The van der Waals surface area contributed by atoms with Crippen molar-refractivity contribution >= 4 is 30.0 Å². The fourth-order valence-corrected chi connectivity index (χ4v) is 7.59. The number of aromatic nitrogens is 2. The van der Waals surface area contributed by atoms with Crippen LogP contribution in [0.25, 0.3) is 0 Å². The summed E-state index contributed by atoms with van der Waals surface area (Å²) in [6, 6.07) is 30.0. The molecule has 0 unspecified atom stereocenters. The summed E-state index contributed by atoms with van der Waals surface area (Å²) in [5.41, 5.74) is 8.05. The molecule has 70 heavy (non-hydrogen) atoms. The van der Waals surface area contributed by atoms with Gasteiger partial charge in [-0.1, -0.05) is 80.5 Å². The third-order valence-corrected chi connectivity index (χ3v) is 11.6. The molecule has 0 fully saturated rings. The molecule has 4 aromatic carbocycles. The number of halogens is 1. The van der Waals surface area contributed by atoms with Gasteiger partial charge in [0, 0.05) is 41.0 Å². The van der Waals surface area contributed by atoms with E-state index < -0.39 is 5.97 Å². The van der Waals surface area contributed by atoms with Crippen molar-refractivity contribution in [1.82, 2.24) is 10.3 Å². The number of carboxylic acids is 1. The number of rotatable bonds is 13. The zero-order valence-electron chi connectivity index (χ0n) is 41.9. The Labute approximate surface area is 554 Å². The van der Waals surface area contributed by atoms with Crippen molar-refractivity contribution in [3.8, 4) is 23.0 Å². The molecule has 0 amide bonds. The van der Waals surface area contributed by atoms with Crippen molar-refractivity contribution in [3.05, 3.63) is 154 Å². The van der Waals surface area contributed by atoms with Crippen LogP contribution in [0.15, 0.2) is 119 Å². The molecule has 2 aliphatic rings. The van der Waals surface area contributed by atoms with E-state index in [0.717, 1.165) is 60.0 Å². The van der Waals surface area contributed by atoms with Crippen LogP contribution < -0.4 is 187 Å². The second kappa shape index (κ2) is 33.2. The van der Waals surface area contributed by atoms with Gasteiger partial charge in [0.05, 0.1) is 44.6 Å². The molecule has 2 atom stereocenters. The van der Waals surface area contributed by atoms with E-state index in [-0.39, 0.29) is 228 Å². The van der Waals surface area contributed by atoms with Crippen LogP contribution in [-0.4, -0.2) is 64.7 Å². The fraction of sp³-hybridized carbons (Fsp3) is 0.340. The predicted molar refractivity (Wildman–Crippen MR) is 243 cm³/mol. The van der Waals surface area contributed by atoms with Gasteiger partial charge in [-0.05, 0) is 88.4 Å². The summed E-state index contributed by atoms with van der Waals surface area (Å²) in [5, 5.41) is 34.7. The van der Waals surface area contributed by atoms with Gasteiger partial charge in [-0.15, -0.1) is 11.6 Å². The van der Waals surface area contributed by atoms with Crippen molar-refractivity contribution in [3.63, 3.8) is 0 Å². The number of fused-ring (bicyclic) bond motifs is 2. The van der Waals surface area contributed by atoms with Gasteiger partial charge in [-0.2, -0.15) is 0 Å². The molecule has 3 N–H and O–H groups in total. The van der Waals surface area contributed by atoms with Crippen LogP contribution in [-0.2, 0) is 47.3 Å². The van der Waals surface area contributed by atoms with Crippen molar-refractivity contribution in [1.29, 1.82) is 0 Å². The van der Waals surface area contributed by atoms with Gasteiger partial charge in [-0.3, -0.25) is 14.4 Å². The number of phenols is 1. The predicted octanol–water partition coefficient (Wildman–Crippen LogP) is -0.137. The van der Waals surface area contributed by atoms with Crippen LogP contribution in [0, 0.1) is 0 Å². The summed E-state index contributed by atoms with van der Waals surface area (Å²) in [7, 11) is 1.35. The van der Waals surface area contributed by atoms with E-state index in [0.29, 0.717) is 23.9 Å². The van der Waals surface area contributed by atoms with Gasteiger partial charge in [0.25, 0.3) is 6.47 Å². The number of aromatic hydroxyl groups is 1. The molecule has 4 heterocycles. The third kappa shape index (κ3) is 20.2. The van der Waals surface area contributed by atoms with E-state index in [4.69, 9.17) is 44.9 Å². The number of hydrogen-bond acceptors (Lipinski definition) is 15. The maximum Gasteiger partial charge on any atom is 1.00 e. The first-order valence-electron chi connectivity index (χ1n) is 21.1. The molecule has 0 radical (unpaired) electrons. The van der Waals surface area contributed by atoms with E-state index in [1.165, 1.54) is 36.3 Å². The number of benzene rings is 4. The van der Waals surface area contributed by atoms with Crippen molar-refractivity contribution in [2.75, 3.05) is 20.3 Å². The molecule has 6 aromatic rings. The van der Waals surface area contributed by atoms with Gasteiger partial charge in [0.2, 0.25) is 0 Å². The maximum atomic E-state index is 11.4. The van der Waals surface area contributed by atoms with E-state index in [1.54, 1.807) is 36.4 Å². The number of carboxylic acid groups (broad SMARTS) is 1. The van der Waals surface area contributed by atoms with Crippen molar-refractivity contribution < 1.29 is 237 Å². The summed E-state index contributed by atoms with van der Waals surface area (Å²) in [5.74, 6) is 1.64. The zero-order valence-corrected chi connectivity index (χ0v) is 56.2. The molecule has 20 heteroatoms. The van der Waals surface area contributed by atoms with Gasteiger partial charge in [-0.25, -0.2) is 0 Å². The number of carbonyl (C=O) groups is 3. The minimum Gasteiger partial charge on any atom is -1.00 e. The fourth-order valence-electron chi connectivity index (χ4n) is 7.42. The molecule has 0 saturated carbocycles. The Kier molecular flexibility index (Phi) is 31.4. The summed E-state index contributed by atoms with van der Waals surface area (Å²) < 4.78 is 31.7. The number of phenolic OH excluding ortho intramolecular Hbond substituents is 1. The normalized spacial score (nSPS) is 13.8. The molecular formula is C50H56ClCs2N2NaO14. The monoisotopic (exact) mass is 1230 g/mol. The number of nitrogens with zero attached hydrogens (tertiary/aromatic N) is 2. The van der Waals surface area contributed by atoms with Crippen LogP contribution in [0.1, 0.15) is 111 Å². The average molecular weight is 1230 g/mol. The first-order valence-corrected chi connectivity index (χ1v) is 21.6. The van der Waals surface area contributed by atoms with Crippen molar-refractivity contribution in [2.45, 2.75) is 88.5 Å². The number of carbonyl (C=O) groups excluding carboxylic acids is 2. The molecule has 0 aliphatic carbocycles. The summed E-state index contributed by atoms with van der Waals surface area (Å²) in [6.45, 7) is 10.8. The number of hydrogen-bond donors (Lipinski definition) is 2. The number of ether oxygens (including phenoxy) is 4. The summed E-state index contributed by atoms with van der Waals surface area (Å²) in [4.78, 5) is 33.9. The minimum atomic E-state index is -0.886. The molecule has 8 rings (SSSR count). The Balaban J connectivity index is 0.00000103. The molecule has 0 spiro atoms. The Morgan fingerprint density at radius 2 is 1.23 bits per heavy atom. The van der Waals surface area contributed by atoms with Crippen molar-refractivity contribution in [2.24, 2.45) is 0 Å². The smallest absolute Gasteiger partial charge is 1.00 e. The van der Waals surface area contributed by atoms with Crippen LogP contribution in [0.2, 0.25) is 0 Å². The molecule has 0 bridgehead atoms. The quantitative estimate of drug-likeness (QED) is 0.0382. The van der Waals surface area contributed by atoms with E-state index in [1.807, 2.05) is 48.5 Å². The standard InChI is InChI=1S/C24H25NO5.C13H13NO4.C12H15ClO.CH2O3.2Cs.Na.H2O.H/c1-24(2)10-12-28-22-8-3-16(13-20(22)24)15-29-18-6-4-17(5-7-18)19(14-23(26)27)21-9-11-30-25-21;1-17-13(16)8-11(12-6-7-18-14-12)9-2-4-10(15)5-3-9;1-12(2)5-6-14-11-4-3-9(8-13)7-10(11)12;2-1-4-3;;;;;/h3-9,11,13,19H,10,12,14-15H2,1-2H3,(H,26,27);2-7,11,15H,8H2,1H3;3-4,7H,5-6,8H2,1-2H3;1,3H;;;;1H2;/q;;;;3*+1;;-1/p-2/t19-;11-;;;;;;;/m00......./s1. The Morgan fingerprint density at radius 1 is 0.771 bits per heavy atom. The Bertz CT molecular complexity index is 2470. The topological polar surface area (TPSA) is 243 Å². The number of alkyl halides is 1. The first-order chi connectivity index (χ1) is 31.7. The zero-order chi connectivity index (χ0) is 47.7. The minimum absolute atomic E-state index is 0. The number of methoxy groups -OCH3 is 1. The van der Waals surface area contributed by atoms with Crippen LogP contribution in [0.3, 0.4) is 0 Å². The Morgan fingerprint density at radius 3 is 1.66 bits per heavy atom. The number of aliphatic carboxylic acids is 1. The van der Waals surface area contributed by atoms with Crippen LogP contribution in [0.5, 0.6) is 23.0 Å². The summed E-state index contributed by atoms with van der Waals surface area (Å²) in [6.07, 6.45) is 5.10. The van der Waals surface area contributed by atoms with Gasteiger partial charge >= 0.3 is 179 Å². The van der Waals surface area contributed by atoms with E-state index >= 15 is 0 Å². The second-order valence-electron chi connectivity index (χ2n) is 16.7.